The Kier molecular flexibility index (Phi) is 8.65. The van der Waals surface area contributed by atoms with Crippen molar-refractivity contribution in [2.75, 3.05) is 7.11 Å². The SMILES string of the molecule is CC[C@@H](C(=O)NC1CCCCC1)N(Cc1ccc(OC)cc1)C(=O)Cc1ccccc1F. The fraction of sp³-hybridized carbons (Fsp3) is 0.462. The van der Waals surface area contributed by atoms with Crippen LogP contribution in [0.25, 0.3) is 0 Å². The van der Waals surface area contributed by atoms with Crippen molar-refractivity contribution in [1.29, 1.82) is 0 Å². The van der Waals surface area contributed by atoms with Gasteiger partial charge in [0.25, 0.3) is 0 Å². The predicted molar refractivity (Wildman–Crippen MR) is 123 cm³/mol. The number of hydrogen-bond acceptors (Lipinski definition) is 3. The Hall–Kier alpha value is -2.89. The Labute approximate surface area is 190 Å². The fourth-order valence-electron chi connectivity index (χ4n) is 4.30. The number of rotatable bonds is 9. The molecule has 0 radical (unpaired) electrons. The van der Waals surface area contributed by atoms with E-state index in [9.17, 15) is 14.0 Å². The number of carbonyl (C=O) groups excluding carboxylic acids is 2. The minimum Gasteiger partial charge on any atom is -0.497 e. The molecule has 0 aliphatic heterocycles. The minimum atomic E-state index is -0.613. The van der Waals surface area contributed by atoms with Gasteiger partial charge in [-0.3, -0.25) is 9.59 Å². The first-order valence-electron chi connectivity index (χ1n) is 11.5. The highest BCUT2D eigenvalue weighted by atomic mass is 19.1. The van der Waals surface area contributed by atoms with Crippen LogP contribution in [0.2, 0.25) is 0 Å². The first kappa shape index (κ1) is 23.8. The number of benzene rings is 2. The van der Waals surface area contributed by atoms with Crippen molar-refractivity contribution >= 4 is 11.8 Å². The molecular weight excluding hydrogens is 407 g/mol. The summed E-state index contributed by atoms with van der Waals surface area (Å²) < 4.78 is 19.4. The van der Waals surface area contributed by atoms with Crippen molar-refractivity contribution < 1.29 is 18.7 Å². The summed E-state index contributed by atoms with van der Waals surface area (Å²) in [6.45, 7) is 2.18. The molecule has 0 heterocycles. The minimum absolute atomic E-state index is 0.0873. The van der Waals surface area contributed by atoms with E-state index in [4.69, 9.17) is 4.74 Å². The van der Waals surface area contributed by atoms with Gasteiger partial charge in [0.05, 0.1) is 13.5 Å². The summed E-state index contributed by atoms with van der Waals surface area (Å²) in [4.78, 5) is 28.1. The molecule has 2 aromatic carbocycles. The molecule has 3 rings (SSSR count). The Morgan fingerprint density at radius 1 is 1.09 bits per heavy atom. The highest BCUT2D eigenvalue weighted by Gasteiger charge is 2.30. The lowest BCUT2D eigenvalue weighted by atomic mass is 9.95. The average Bonchev–Trinajstić information content (AvgIpc) is 2.81. The van der Waals surface area contributed by atoms with Gasteiger partial charge >= 0.3 is 0 Å². The van der Waals surface area contributed by atoms with Gasteiger partial charge in [0.15, 0.2) is 0 Å². The third-order valence-corrected chi connectivity index (χ3v) is 6.15. The lowest BCUT2D eigenvalue weighted by molar-refractivity contribution is -0.141. The molecule has 6 heteroatoms. The summed E-state index contributed by atoms with van der Waals surface area (Å²) in [5, 5.41) is 3.16. The van der Waals surface area contributed by atoms with Gasteiger partial charge in [0, 0.05) is 12.6 Å². The van der Waals surface area contributed by atoms with Crippen molar-refractivity contribution in [3.8, 4) is 5.75 Å². The topological polar surface area (TPSA) is 58.6 Å². The van der Waals surface area contributed by atoms with Crippen LogP contribution in [0.4, 0.5) is 4.39 Å². The zero-order valence-corrected chi connectivity index (χ0v) is 19.0. The van der Waals surface area contributed by atoms with Gasteiger partial charge in [-0.25, -0.2) is 4.39 Å². The normalized spacial score (nSPS) is 15.1. The fourth-order valence-corrected chi connectivity index (χ4v) is 4.30. The van der Waals surface area contributed by atoms with Crippen LogP contribution < -0.4 is 10.1 Å². The molecule has 32 heavy (non-hydrogen) atoms. The number of amides is 2. The maximum atomic E-state index is 14.2. The largest absolute Gasteiger partial charge is 0.497 e. The number of halogens is 1. The van der Waals surface area contributed by atoms with Gasteiger partial charge in [0.2, 0.25) is 11.8 Å². The van der Waals surface area contributed by atoms with Crippen LogP contribution in [0.1, 0.15) is 56.6 Å². The zero-order valence-electron chi connectivity index (χ0n) is 19.0. The van der Waals surface area contributed by atoms with Gasteiger partial charge in [0.1, 0.15) is 17.6 Å². The molecule has 0 unspecified atom stereocenters. The predicted octanol–water partition coefficient (Wildman–Crippen LogP) is 4.63. The lowest BCUT2D eigenvalue weighted by Gasteiger charge is -2.33. The van der Waals surface area contributed by atoms with Crippen LogP contribution >= 0.6 is 0 Å². The summed E-state index contributed by atoms with van der Waals surface area (Å²) in [7, 11) is 1.60. The molecule has 2 amide bonds. The monoisotopic (exact) mass is 440 g/mol. The molecule has 0 saturated heterocycles. The van der Waals surface area contributed by atoms with E-state index < -0.39 is 11.9 Å². The zero-order chi connectivity index (χ0) is 22.9. The van der Waals surface area contributed by atoms with Gasteiger partial charge < -0.3 is 15.0 Å². The molecule has 1 fully saturated rings. The molecule has 1 aliphatic rings. The second kappa shape index (κ2) is 11.7. The standard InChI is InChI=1S/C26H33FN2O3/c1-3-24(26(31)28-21-10-5-4-6-11-21)29(18-19-13-15-22(32-2)16-14-19)25(30)17-20-9-7-8-12-23(20)27/h7-9,12-16,21,24H,3-6,10-11,17-18H2,1-2H3,(H,28,31)/t24-/m0/s1. The van der Waals surface area contributed by atoms with Crippen molar-refractivity contribution in [3.63, 3.8) is 0 Å². The number of ether oxygens (including phenoxy) is 1. The van der Waals surface area contributed by atoms with E-state index in [1.54, 1.807) is 30.2 Å². The maximum absolute atomic E-state index is 14.2. The van der Waals surface area contributed by atoms with Crippen molar-refractivity contribution in [3.05, 3.63) is 65.5 Å². The number of hydrogen-bond donors (Lipinski definition) is 1. The van der Waals surface area contributed by atoms with Crippen LogP contribution in [0.5, 0.6) is 5.75 Å². The van der Waals surface area contributed by atoms with E-state index >= 15 is 0 Å². The van der Waals surface area contributed by atoms with E-state index in [0.29, 0.717) is 12.0 Å². The van der Waals surface area contributed by atoms with Gasteiger partial charge in [-0.15, -0.1) is 0 Å². The van der Waals surface area contributed by atoms with E-state index in [-0.39, 0.29) is 30.8 Å². The molecule has 0 spiro atoms. The average molecular weight is 441 g/mol. The molecular formula is C26H33FN2O3. The van der Waals surface area contributed by atoms with Crippen LogP contribution in [-0.4, -0.2) is 35.9 Å². The van der Waals surface area contributed by atoms with Gasteiger partial charge in [-0.05, 0) is 48.6 Å². The smallest absolute Gasteiger partial charge is 0.243 e. The van der Waals surface area contributed by atoms with E-state index in [1.807, 2.05) is 31.2 Å². The number of nitrogens with zero attached hydrogens (tertiary/aromatic N) is 1. The van der Waals surface area contributed by atoms with Crippen LogP contribution in [-0.2, 0) is 22.6 Å². The molecule has 1 N–H and O–H groups in total. The highest BCUT2D eigenvalue weighted by Crippen LogP contribution is 2.21. The van der Waals surface area contributed by atoms with Crippen LogP contribution in [0.15, 0.2) is 48.5 Å². The van der Waals surface area contributed by atoms with Gasteiger partial charge in [-0.1, -0.05) is 56.5 Å². The molecule has 5 nitrogen and oxygen atoms in total. The third-order valence-electron chi connectivity index (χ3n) is 6.15. The first-order valence-corrected chi connectivity index (χ1v) is 11.5. The van der Waals surface area contributed by atoms with Crippen molar-refractivity contribution in [2.45, 2.75) is 70.5 Å². The van der Waals surface area contributed by atoms with Crippen molar-refractivity contribution in [2.24, 2.45) is 0 Å². The number of nitrogens with one attached hydrogen (secondary N) is 1. The summed E-state index contributed by atoms with van der Waals surface area (Å²) in [6, 6.07) is 13.3. The molecule has 1 aliphatic carbocycles. The first-order chi connectivity index (χ1) is 15.5. The number of carbonyl (C=O) groups is 2. The Bertz CT molecular complexity index is 894. The van der Waals surface area contributed by atoms with Crippen LogP contribution in [0, 0.1) is 5.82 Å². The quantitative estimate of drug-likeness (QED) is 0.618. The lowest BCUT2D eigenvalue weighted by Crippen LogP contribution is -2.52. The molecule has 172 valence electrons. The Balaban J connectivity index is 1.81. The highest BCUT2D eigenvalue weighted by molar-refractivity contribution is 5.88. The number of methoxy groups -OCH3 is 1. The van der Waals surface area contributed by atoms with E-state index in [2.05, 4.69) is 5.32 Å². The summed E-state index contributed by atoms with van der Waals surface area (Å²) >= 11 is 0. The van der Waals surface area contributed by atoms with E-state index in [0.717, 1.165) is 37.0 Å². The Morgan fingerprint density at radius 2 is 1.78 bits per heavy atom. The summed E-state index contributed by atoms with van der Waals surface area (Å²) in [5.74, 6) is -0.0867. The molecule has 0 bridgehead atoms. The summed E-state index contributed by atoms with van der Waals surface area (Å²) in [6.07, 6.45) is 5.78. The molecule has 2 aromatic rings. The van der Waals surface area contributed by atoms with Gasteiger partial charge in [-0.2, -0.15) is 0 Å². The third kappa shape index (κ3) is 6.31. The Morgan fingerprint density at radius 3 is 2.41 bits per heavy atom. The van der Waals surface area contributed by atoms with Crippen molar-refractivity contribution in [1.82, 2.24) is 10.2 Å². The second-order valence-electron chi connectivity index (χ2n) is 8.41. The van der Waals surface area contributed by atoms with E-state index in [1.165, 1.54) is 12.5 Å². The molecule has 0 aromatic heterocycles. The molecule has 1 saturated carbocycles. The molecule has 1 atom stereocenters. The van der Waals surface area contributed by atoms with Crippen LogP contribution in [0.3, 0.4) is 0 Å². The summed E-state index contributed by atoms with van der Waals surface area (Å²) in [5.41, 5.74) is 1.22. The maximum Gasteiger partial charge on any atom is 0.243 e. The second-order valence-corrected chi connectivity index (χ2v) is 8.41.